The highest BCUT2D eigenvalue weighted by Crippen LogP contribution is 2.26. The zero-order chi connectivity index (χ0) is 18.1. The zero-order valence-corrected chi connectivity index (χ0v) is 17.1. The first-order valence-electron chi connectivity index (χ1n) is 9.06. The van der Waals surface area contributed by atoms with Crippen molar-refractivity contribution in [1.82, 2.24) is 24.6 Å². The molecule has 0 spiro atoms. The van der Waals surface area contributed by atoms with Crippen molar-refractivity contribution in [2.45, 2.75) is 38.8 Å². The molecule has 0 saturated carbocycles. The van der Waals surface area contributed by atoms with Crippen molar-refractivity contribution in [3.05, 3.63) is 41.7 Å². The highest BCUT2D eigenvalue weighted by atomic mass is 35.5. The first-order chi connectivity index (χ1) is 12.6. The van der Waals surface area contributed by atoms with Gasteiger partial charge in [-0.3, -0.25) is 9.20 Å². The van der Waals surface area contributed by atoms with Gasteiger partial charge in [-0.1, -0.05) is 6.07 Å². The molecule has 1 saturated heterocycles. The van der Waals surface area contributed by atoms with E-state index in [0.29, 0.717) is 5.69 Å². The topological polar surface area (TPSA) is 62.5 Å². The van der Waals surface area contributed by atoms with E-state index in [1.165, 1.54) is 11.3 Å². The van der Waals surface area contributed by atoms with Gasteiger partial charge in [0.05, 0.1) is 6.20 Å². The number of piperidine rings is 1. The zero-order valence-electron chi connectivity index (χ0n) is 15.5. The fraction of sp³-hybridized carbons (Fsp3) is 0.421. The third-order valence-corrected chi connectivity index (χ3v) is 5.72. The number of aromatic nitrogens is 3. The summed E-state index contributed by atoms with van der Waals surface area (Å²) in [5.41, 5.74) is 2.33. The second-order valence-corrected chi connectivity index (χ2v) is 7.76. The molecule has 4 heterocycles. The van der Waals surface area contributed by atoms with Crippen LogP contribution < -0.4 is 5.32 Å². The lowest BCUT2D eigenvalue weighted by molar-refractivity contribution is 0.0560. The summed E-state index contributed by atoms with van der Waals surface area (Å²) in [4.78, 5) is 24.2. The predicted octanol–water partition coefficient (Wildman–Crippen LogP) is 3.48. The minimum Gasteiger partial charge on any atom is -0.332 e. The van der Waals surface area contributed by atoms with Gasteiger partial charge in [-0.15, -0.1) is 23.7 Å². The standard InChI is InChI=1S/C19H23N5OS.ClH/c1-13(2)24(14-6-8-20-9-7-14)19(25)15-12-26-18(22-15)16-11-21-17-5-3-4-10-23(16)17;/h3-5,10-14,20H,6-9H2,1-2H3;1H. The number of thiazole rings is 1. The van der Waals surface area contributed by atoms with E-state index in [2.05, 4.69) is 29.1 Å². The van der Waals surface area contributed by atoms with Crippen LogP contribution in [0.25, 0.3) is 16.3 Å². The Labute approximate surface area is 169 Å². The largest absolute Gasteiger partial charge is 0.332 e. The van der Waals surface area contributed by atoms with Gasteiger partial charge in [0.1, 0.15) is 22.0 Å². The number of fused-ring (bicyclic) bond motifs is 1. The highest BCUT2D eigenvalue weighted by molar-refractivity contribution is 7.13. The Morgan fingerprint density at radius 2 is 2.11 bits per heavy atom. The smallest absolute Gasteiger partial charge is 0.273 e. The van der Waals surface area contributed by atoms with Gasteiger partial charge in [-0.25, -0.2) is 9.97 Å². The van der Waals surface area contributed by atoms with Crippen LogP contribution in [0.2, 0.25) is 0 Å². The van der Waals surface area contributed by atoms with E-state index >= 15 is 0 Å². The van der Waals surface area contributed by atoms with Crippen LogP contribution in [0.3, 0.4) is 0 Å². The number of carbonyl (C=O) groups is 1. The summed E-state index contributed by atoms with van der Waals surface area (Å²) in [6.07, 6.45) is 5.77. The van der Waals surface area contributed by atoms with E-state index in [-0.39, 0.29) is 30.4 Å². The summed E-state index contributed by atoms with van der Waals surface area (Å²) in [6.45, 7) is 6.09. The first-order valence-corrected chi connectivity index (χ1v) is 9.94. The summed E-state index contributed by atoms with van der Waals surface area (Å²) in [6, 6.07) is 6.33. The van der Waals surface area contributed by atoms with E-state index < -0.39 is 0 Å². The number of halogens is 1. The fourth-order valence-corrected chi connectivity index (χ4v) is 4.42. The molecule has 3 aromatic heterocycles. The molecule has 0 unspecified atom stereocenters. The molecule has 144 valence electrons. The third kappa shape index (κ3) is 3.85. The van der Waals surface area contributed by atoms with Crippen LogP contribution >= 0.6 is 23.7 Å². The van der Waals surface area contributed by atoms with E-state index in [4.69, 9.17) is 0 Å². The Balaban J connectivity index is 0.00000210. The minimum absolute atomic E-state index is 0. The molecule has 0 aliphatic carbocycles. The van der Waals surface area contributed by atoms with E-state index in [9.17, 15) is 4.79 Å². The van der Waals surface area contributed by atoms with Crippen molar-refractivity contribution >= 4 is 35.3 Å². The molecule has 0 radical (unpaired) electrons. The molecule has 1 N–H and O–H groups in total. The second kappa shape index (κ2) is 8.37. The Morgan fingerprint density at radius 1 is 1.33 bits per heavy atom. The Bertz CT molecular complexity index is 916. The molecule has 0 bridgehead atoms. The van der Waals surface area contributed by atoms with Crippen LogP contribution in [0.4, 0.5) is 0 Å². The van der Waals surface area contributed by atoms with Gasteiger partial charge < -0.3 is 10.2 Å². The number of pyridine rings is 1. The van der Waals surface area contributed by atoms with Crippen molar-refractivity contribution in [2.24, 2.45) is 0 Å². The van der Waals surface area contributed by atoms with Gasteiger partial charge >= 0.3 is 0 Å². The molecule has 4 rings (SSSR count). The maximum Gasteiger partial charge on any atom is 0.273 e. The molecule has 8 heteroatoms. The number of nitrogens with zero attached hydrogens (tertiary/aromatic N) is 4. The van der Waals surface area contributed by atoms with E-state index in [1.54, 1.807) is 0 Å². The van der Waals surface area contributed by atoms with Gasteiger partial charge in [-0.05, 0) is 51.9 Å². The quantitative estimate of drug-likeness (QED) is 0.721. The van der Waals surface area contributed by atoms with Crippen molar-refractivity contribution in [2.75, 3.05) is 13.1 Å². The number of rotatable bonds is 4. The van der Waals surface area contributed by atoms with Crippen molar-refractivity contribution in [1.29, 1.82) is 0 Å². The monoisotopic (exact) mass is 405 g/mol. The summed E-state index contributed by atoms with van der Waals surface area (Å²) >= 11 is 1.49. The van der Waals surface area contributed by atoms with Gasteiger partial charge in [-0.2, -0.15) is 0 Å². The molecule has 27 heavy (non-hydrogen) atoms. The lowest BCUT2D eigenvalue weighted by atomic mass is 10.0. The van der Waals surface area contributed by atoms with E-state index in [0.717, 1.165) is 42.3 Å². The molecule has 1 aliphatic heterocycles. The number of carbonyl (C=O) groups excluding carboxylic acids is 1. The SMILES string of the molecule is CC(C)N(C(=O)c1csc(-c2cnc3ccccn23)n1)C1CCNCC1.Cl. The molecular weight excluding hydrogens is 382 g/mol. The maximum atomic E-state index is 13.2. The molecular formula is C19H24ClN5OS. The second-order valence-electron chi connectivity index (χ2n) is 6.90. The number of imidazole rings is 1. The Kier molecular flexibility index (Phi) is 6.14. The van der Waals surface area contributed by atoms with Crippen molar-refractivity contribution in [3.63, 3.8) is 0 Å². The Hall–Kier alpha value is -1.96. The molecule has 1 fully saturated rings. The molecule has 1 amide bonds. The maximum absolute atomic E-state index is 13.2. The van der Waals surface area contributed by atoms with Crippen molar-refractivity contribution in [3.8, 4) is 10.7 Å². The van der Waals surface area contributed by atoms with Gasteiger partial charge in [0.25, 0.3) is 5.91 Å². The third-order valence-electron chi connectivity index (χ3n) is 4.85. The molecule has 0 aromatic carbocycles. The summed E-state index contributed by atoms with van der Waals surface area (Å²) in [5, 5.41) is 6.06. The van der Waals surface area contributed by atoms with Gasteiger partial charge in [0.2, 0.25) is 0 Å². The van der Waals surface area contributed by atoms with E-state index in [1.807, 2.05) is 45.3 Å². The lowest BCUT2D eigenvalue weighted by Crippen LogP contribution is -2.49. The van der Waals surface area contributed by atoms with Crippen LogP contribution in [0.1, 0.15) is 37.2 Å². The van der Waals surface area contributed by atoms with Crippen LogP contribution in [-0.2, 0) is 0 Å². The highest BCUT2D eigenvalue weighted by Gasteiger charge is 2.29. The fourth-order valence-electron chi connectivity index (χ4n) is 3.62. The lowest BCUT2D eigenvalue weighted by Gasteiger charge is -2.37. The number of hydrogen-bond donors (Lipinski definition) is 1. The molecule has 1 aliphatic rings. The minimum atomic E-state index is 0. The summed E-state index contributed by atoms with van der Waals surface area (Å²) in [7, 11) is 0. The van der Waals surface area contributed by atoms with Crippen LogP contribution in [0.15, 0.2) is 36.0 Å². The average molecular weight is 406 g/mol. The Morgan fingerprint density at radius 3 is 2.85 bits per heavy atom. The number of amides is 1. The van der Waals surface area contributed by atoms with Gasteiger partial charge in [0.15, 0.2) is 0 Å². The summed E-state index contributed by atoms with van der Waals surface area (Å²) < 4.78 is 2.00. The summed E-state index contributed by atoms with van der Waals surface area (Å²) in [5.74, 6) is 0.0308. The van der Waals surface area contributed by atoms with Crippen LogP contribution in [0.5, 0.6) is 0 Å². The first kappa shape index (κ1) is 19.8. The van der Waals surface area contributed by atoms with Gasteiger partial charge in [0, 0.05) is 23.7 Å². The van der Waals surface area contributed by atoms with Crippen LogP contribution in [0, 0.1) is 0 Å². The number of nitrogens with one attached hydrogen (secondary N) is 1. The average Bonchev–Trinajstić information content (AvgIpc) is 3.29. The van der Waals surface area contributed by atoms with Crippen LogP contribution in [-0.4, -0.2) is 50.3 Å². The predicted molar refractivity (Wildman–Crippen MR) is 111 cm³/mol. The molecule has 0 atom stereocenters. The van der Waals surface area contributed by atoms with Crippen molar-refractivity contribution < 1.29 is 4.79 Å². The molecule has 3 aromatic rings. The molecule has 6 nitrogen and oxygen atoms in total. The number of hydrogen-bond acceptors (Lipinski definition) is 5. The normalized spacial score (nSPS) is 15.1.